The minimum absolute atomic E-state index is 0.182. The minimum Gasteiger partial charge on any atom is -0.493 e. The van der Waals surface area contributed by atoms with Crippen molar-refractivity contribution in [2.24, 2.45) is 0 Å². The number of halogens is 1. The number of carbonyl (C=O) groups excluding carboxylic acids is 2. The molecule has 0 saturated heterocycles. The van der Waals surface area contributed by atoms with Crippen molar-refractivity contribution in [3.05, 3.63) is 45.5 Å². The molecule has 0 aliphatic heterocycles. The van der Waals surface area contributed by atoms with Gasteiger partial charge in [-0.05, 0) is 59.0 Å². The molecule has 0 aliphatic rings. The van der Waals surface area contributed by atoms with Crippen LogP contribution < -0.4 is 19.5 Å². The van der Waals surface area contributed by atoms with Gasteiger partial charge in [-0.2, -0.15) is 0 Å². The SMILES string of the molecule is COc1cc(C(=O)OCC(=O)Nc2ccc(I)cc2)cc(OC)c1OC. The Bertz CT molecular complexity index is 766. The van der Waals surface area contributed by atoms with E-state index in [1.54, 1.807) is 12.1 Å². The fourth-order valence-electron chi connectivity index (χ4n) is 2.14. The van der Waals surface area contributed by atoms with Crippen LogP contribution in [0.3, 0.4) is 0 Å². The fourth-order valence-corrected chi connectivity index (χ4v) is 2.50. The summed E-state index contributed by atoms with van der Waals surface area (Å²) in [5.41, 5.74) is 0.806. The molecule has 0 atom stereocenters. The van der Waals surface area contributed by atoms with Crippen LogP contribution in [0.25, 0.3) is 0 Å². The molecule has 0 unspecified atom stereocenters. The van der Waals surface area contributed by atoms with Crippen LogP contribution in [0.2, 0.25) is 0 Å². The second-order valence-corrected chi connectivity index (χ2v) is 6.29. The number of methoxy groups -OCH3 is 3. The third kappa shape index (κ3) is 5.01. The maximum absolute atomic E-state index is 12.2. The molecule has 0 heterocycles. The van der Waals surface area contributed by atoms with Gasteiger partial charge in [-0.25, -0.2) is 4.79 Å². The molecular weight excluding hydrogens is 453 g/mol. The molecule has 138 valence electrons. The standard InChI is InChI=1S/C18H18INO6/c1-23-14-8-11(9-15(24-2)17(14)25-3)18(22)26-10-16(21)20-13-6-4-12(19)5-7-13/h4-9H,10H2,1-3H3,(H,20,21). The molecule has 0 spiro atoms. The lowest BCUT2D eigenvalue weighted by Crippen LogP contribution is -2.21. The Morgan fingerprint density at radius 2 is 1.54 bits per heavy atom. The normalized spacial score (nSPS) is 10.0. The summed E-state index contributed by atoms with van der Waals surface area (Å²) < 4.78 is 21.7. The predicted octanol–water partition coefficient (Wildman–Crippen LogP) is 3.11. The zero-order chi connectivity index (χ0) is 19.1. The Morgan fingerprint density at radius 1 is 0.962 bits per heavy atom. The molecule has 2 rings (SSSR count). The first-order valence-electron chi connectivity index (χ1n) is 7.51. The van der Waals surface area contributed by atoms with Crippen LogP contribution in [-0.2, 0) is 9.53 Å². The number of hydrogen-bond donors (Lipinski definition) is 1. The summed E-state index contributed by atoms with van der Waals surface area (Å²) in [7, 11) is 4.36. The van der Waals surface area contributed by atoms with Crippen molar-refractivity contribution in [3.8, 4) is 17.2 Å². The second kappa shape index (κ2) is 9.27. The molecule has 0 aromatic heterocycles. The lowest BCUT2D eigenvalue weighted by atomic mass is 10.2. The maximum atomic E-state index is 12.2. The topological polar surface area (TPSA) is 83.1 Å². The summed E-state index contributed by atoms with van der Waals surface area (Å²) in [6, 6.07) is 10.2. The third-order valence-electron chi connectivity index (χ3n) is 3.36. The molecule has 0 bridgehead atoms. The van der Waals surface area contributed by atoms with Gasteiger partial charge < -0.3 is 24.3 Å². The highest BCUT2D eigenvalue weighted by Gasteiger charge is 2.18. The molecule has 0 fully saturated rings. The molecule has 1 amide bonds. The number of esters is 1. The number of ether oxygens (including phenoxy) is 4. The highest BCUT2D eigenvalue weighted by molar-refractivity contribution is 14.1. The van der Waals surface area contributed by atoms with Crippen LogP contribution in [-0.4, -0.2) is 39.8 Å². The van der Waals surface area contributed by atoms with Crippen LogP contribution >= 0.6 is 22.6 Å². The van der Waals surface area contributed by atoms with E-state index in [2.05, 4.69) is 27.9 Å². The van der Waals surface area contributed by atoms with Gasteiger partial charge >= 0.3 is 5.97 Å². The second-order valence-electron chi connectivity index (χ2n) is 5.05. The van der Waals surface area contributed by atoms with Crippen LogP contribution in [0.15, 0.2) is 36.4 Å². The largest absolute Gasteiger partial charge is 0.493 e. The number of anilines is 1. The lowest BCUT2D eigenvalue weighted by Gasteiger charge is -2.13. The predicted molar refractivity (Wildman–Crippen MR) is 104 cm³/mol. The van der Waals surface area contributed by atoms with Gasteiger partial charge in [-0.15, -0.1) is 0 Å². The zero-order valence-electron chi connectivity index (χ0n) is 14.5. The summed E-state index contributed by atoms with van der Waals surface area (Å²) in [6.07, 6.45) is 0. The summed E-state index contributed by atoms with van der Waals surface area (Å²) >= 11 is 2.17. The van der Waals surface area contributed by atoms with Crippen molar-refractivity contribution in [2.45, 2.75) is 0 Å². The van der Waals surface area contributed by atoms with Gasteiger partial charge in [0.1, 0.15) is 0 Å². The monoisotopic (exact) mass is 471 g/mol. The lowest BCUT2D eigenvalue weighted by molar-refractivity contribution is -0.119. The van der Waals surface area contributed by atoms with Crippen molar-refractivity contribution >= 4 is 40.2 Å². The molecule has 7 nitrogen and oxygen atoms in total. The highest BCUT2D eigenvalue weighted by atomic mass is 127. The van der Waals surface area contributed by atoms with E-state index in [0.29, 0.717) is 22.9 Å². The van der Waals surface area contributed by atoms with E-state index in [0.717, 1.165) is 3.57 Å². The molecule has 0 aliphatic carbocycles. The summed E-state index contributed by atoms with van der Waals surface area (Å²) in [5, 5.41) is 2.65. The number of nitrogens with one attached hydrogen (secondary N) is 1. The molecule has 2 aromatic carbocycles. The first kappa shape index (κ1) is 19.8. The van der Waals surface area contributed by atoms with E-state index in [-0.39, 0.29) is 5.56 Å². The van der Waals surface area contributed by atoms with Crippen molar-refractivity contribution in [2.75, 3.05) is 33.3 Å². The average Bonchev–Trinajstić information content (AvgIpc) is 2.66. The molecular formula is C18H18INO6. The Kier molecular flexibility index (Phi) is 7.07. The minimum atomic E-state index is -0.679. The van der Waals surface area contributed by atoms with Gasteiger partial charge in [0.15, 0.2) is 18.1 Å². The van der Waals surface area contributed by atoms with E-state index in [4.69, 9.17) is 18.9 Å². The smallest absolute Gasteiger partial charge is 0.338 e. The highest BCUT2D eigenvalue weighted by Crippen LogP contribution is 2.38. The Hall–Kier alpha value is -2.49. The number of carbonyl (C=O) groups is 2. The van der Waals surface area contributed by atoms with Gasteiger partial charge in [0.25, 0.3) is 5.91 Å². The molecule has 26 heavy (non-hydrogen) atoms. The Labute approximate surface area is 164 Å². The van der Waals surface area contributed by atoms with Crippen LogP contribution in [0.4, 0.5) is 5.69 Å². The first-order chi connectivity index (χ1) is 12.5. The number of benzene rings is 2. The number of rotatable bonds is 7. The van der Waals surface area contributed by atoms with Gasteiger partial charge in [-0.1, -0.05) is 0 Å². The van der Waals surface area contributed by atoms with Crippen molar-refractivity contribution < 1.29 is 28.5 Å². The molecule has 8 heteroatoms. The number of hydrogen-bond acceptors (Lipinski definition) is 6. The van der Waals surface area contributed by atoms with E-state index in [9.17, 15) is 9.59 Å². The maximum Gasteiger partial charge on any atom is 0.338 e. The van der Waals surface area contributed by atoms with Gasteiger partial charge in [-0.3, -0.25) is 4.79 Å². The van der Waals surface area contributed by atoms with Gasteiger partial charge in [0, 0.05) is 9.26 Å². The number of amides is 1. The molecule has 1 N–H and O–H groups in total. The molecule has 0 radical (unpaired) electrons. The third-order valence-corrected chi connectivity index (χ3v) is 4.08. The van der Waals surface area contributed by atoms with Crippen molar-refractivity contribution in [3.63, 3.8) is 0 Å². The molecule has 0 saturated carbocycles. The van der Waals surface area contributed by atoms with E-state index < -0.39 is 18.5 Å². The summed E-state index contributed by atoms with van der Waals surface area (Å²) in [6.45, 7) is -0.415. The van der Waals surface area contributed by atoms with Crippen molar-refractivity contribution in [1.82, 2.24) is 0 Å². The van der Waals surface area contributed by atoms with Gasteiger partial charge in [0.05, 0.1) is 26.9 Å². The Morgan fingerprint density at radius 3 is 2.04 bits per heavy atom. The van der Waals surface area contributed by atoms with Crippen LogP contribution in [0.5, 0.6) is 17.2 Å². The van der Waals surface area contributed by atoms with E-state index in [1.165, 1.54) is 33.5 Å². The first-order valence-corrected chi connectivity index (χ1v) is 8.59. The molecule has 2 aromatic rings. The average molecular weight is 471 g/mol. The summed E-state index contributed by atoms with van der Waals surface area (Å²) in [4.78, 5) is 24.1. The van der Waals surface area contributed by atoms with E-state index in [1.807, 2.05) is 12.1 Å². The van der Waals surface area contributed by atoms with Gasteiger partial charge in [0.2, 0.25) is 5.75 Å². The fraction of sp³-hybridized carbons (Fsp3) is 0.222. The Balaban J connectivity index is 2.03. The summed E-state index contributed by atoms with van der Waals surface area (Å²) in [5.74, 6) is -0.110. The zero-order valence-corrected chi connectivity index (χ0v) is 16.7. The van der Waals surface area contributed by atoms with Crippen LogP contribution in [0, 0.1) is 3.57 Å². The quantitative estimate of drug-likeness (QED) is 0.494. The van der Waals surface area contributed by atoms with Crippen LogP contribution in [0.1, 0.15) is 10.4 Å². The van der Waals surface area contributed by atoms with E-state index >= 15 is 0 Å². The van der Waals surface area contributed by atoms with Crippen molar-refractivity contribution in [1.29, 1.82) is 0 Å².